The summed E-state index contributed by atoms with van der Waals surface area (Å²) in [5.74, 6) is 4.70. The summed E-state index contributed by atoms with van der Waals surface area (Å²) >= 11 is 12.6. The number of benzene rings is 1. The topological polar surface area (TPSA) is 29.1 Å². The lowest BCUT2D eigenvalue weighted by Gasteiger charge is -2.05. The smallest absolute Gasteiger partial charge is 0.341 e. The van der Waals surface area contributed by atoms with Crippen LogP contribution in [0.4, 0.5) is 13.2 Å². The minimum Gasteiger partial charge on any atom is -0.341 e. The van der Waals surface area contributed by atoms with Crippen molar-refractivity contribution in [3.63, 3.8) is 0 Å². The Kier molecular flexibility index (Phi) is 5.58. The lowest BCUT2D eigenvalue weighted by molar-refractivity contribution is -0.137. The summed E-state index contributed by atoms with van der Waals surface area (Å²) in [5, 5.41) is 2.50. The largest absolute Gasteiger partial charge is 0.416 e. The maximum absolute atomic E-state index is 12.6. The third-order valence-electron chi connectivity index (χ3n) is 2.66. The standard InChI is InChI=1S/C15H8Cl2F3NOS/c16-12-8-11(13(17)23-12)14(22)21-6-2-4-9-3-1-5-10(7-9)15(18,19)20/h1,3,5,7-8H,6H2,(H,21,22). The molecule has 2 rings (SSSR count). The van der Waals surface area contributed by atoms with Crippen molar-refractivity contribution < 1.29 is 18.0 Å². The molecule has 0 aliphatic carbocycles. The van der Waals surface area contributed by atoms with Crippen molar-refractivity contribution in [2.45, 2.75) is 6.18 Å². The number of thiophene rings is 1. The van der Waals surface area contributed by atoms with E-state index in [-0.39, 0.29) is 22.0 Å². The van der Waals surface area contributed by atoms with Gasteiger partial charge in [-0.3, -0.25) is 4.79 Å². The van der Waals surface area contributed by atoms with Crippen LogP contribution in [0.25, 0.3) is 0 Å². The van der Waals surface area contributed by atoms with E-state index < -0.39 is 17.6 Å². The van der Waals surface area contributed by atoms with Gasteiger partial charge in [0, 0.05) is 5.56 Å². The fourth-order valence-electron chi connectivity index (χ4n) is 1.63. The molecule has 1 aromatic heterocycles. The zero-order chi connectivity index (χ0) is 17.0. The molecule has 0 bridgehead atoms. The first-order chi connectivity index (χ1) is 10.8. The van der Waals surface area contributed by atoms with Crippen LogP contribution in [0.3, 0.4) is 0 Å². The molecule has 0 spiro atoms. The molecule has 1 amide bonds. The Morgan fingerprint density at radius 2 is 2.00 bits per heavy atom. The van der Waals surface area contributed by atoms with Crippen molar-refractivity contribution in [1.29, 1.82) is 0 Å². The van der Waals surface area contributed by atoms with Crippen LogP contribution in [0.2, 0.25) is 8.67 Å². The summed E-state index contributed by atoms with van der Waals surface area (Å²) in [6, 6.07) is 6.09. The van der Waals surface area contributed by atoms with Gasteiger partial charge in [0.2, 0.25) is 0 Å². The van der Waals surface area contributed by atoms with Gasteiger partial charge in [0.05, 0.1) is 22.0 Å². The number of alkyl halides is 3. The fraction of sp³-hybridized carbons (Fsp3) is 0.133. The molecule has 0 unspecified atom stereocenters. The fourth-order valence-corrected chi connectivity index (χ4v) is 3.09. The second-order valence-corrected chi connectivity index (χ2v) is 6.59. The molecule has 0 radical (unpaired) electrons. The van der Waals surface area contributed by atoms with Crippen molar-refractivity contribution >= 4 is 40.4 Å². The van der Waals surface area contributed by atoms with Crippen LogP contribution < -0.4 is 5.32 Å². The number of amides is 1. The van der Waals surface area contributed by atoms with E-state index >= 15 is 0 Å². The molecule has 120 valence electrons. The Labute approximate surface area is 144 Å². The summed E-state index contributed by atoms with van der Waals surface area (Å²) in [5.41, 5.74) is -0.318. The van der Waals surface area contributed by atoms with E-state index in [1.807, 2.05) is 0 Å². The van der Waals surface area contributed by atoms with E-state index in [0.29, 0.717) is 4.34 Å². The maximum Gasteiger partial charge on any atom is 0.416 e. The highest BCUT2D eigenvalue weighted by Crippen LogP contribution is 2.31. The Bertz CT molecular complexity index is 790. The van der Waals surface area contributed by atoms with Gasteiger partial charge in [0.25, 0.3) is 5.91 Å². The second kappa shape index (κ2) is 7.26. The predicted octanol–water partition coefficient (Wildman–Crippen LogP) is 4.86. The molecular formula is C15H8Cl2F3NOS. The highest BCUT2D eigenvalue weighted by Gasteiger charge is 2.30. The van der Waals surface area contributed by atoms with E-state index in [0.717, 1.165) is 23.5 Å². The van der Waals surface area contributed by atoms with Crippen LogP contribution >= 0.6 is 34.5 Å². The molecule has 0 atom stereocenters. The average molecular weight is 378 g/mol. The number of carbonyl (C=O) groups is 1. The zero-order valence-electron chi connectivity index (χ0n) is 11.3. The minimum absolute atomic E-state index is 0.0289. The molecule has 0 aliphatic rings. The molecule has 2 aromatic rings. The summed E-state index contributed by atoms with van der Waals surface area (Å²) in [7, 11) is 0. The highest BCUT2D eigenvalue weighted by molar-refractivity contribution is 7.20. The van der Waals surface area contributed by atoms with E-state index in [9.17, 15) is 18.0 Å². The lowest BCUT2D eigenvalue weighted by Crippen LogP contribution is -2.23. The number of nitrogens with one attached hydrogen (secondary N) is 1. The molecular weight excluding hydrogens is 370 g/mol. The van der Waals surface area contributed by atoms with E-state index in [4.69, 9.17) is 23.2 Å². The zero-order valence-corrected chi connectivity index (χ0v) is 13.6. The van der Waals surface area contributed by atoms with Gasteiger partial charge in [-0.2, -0.15) is 13.2 Å². The number of carbonyl (C=O) groups excluding carboxylic acids is 1. The molecule has 1 heterocycles. The highest BCUT2D eigenvalue weighted by atomic mass is 35.5. The van der Waals surface area contributed by atoms with Crippen LogP contribution in [0.1, 0.15) is 21.5 Å². The lowest BCUT2D eigenvalue weighted by atomic mass is 10.1. The Balaban J connectivity index is 1.99. The average Bonchev–Trinajstić information content (AvgIpc) is 2.82. The summed E-state index contributed by atoms with van der Waals surface area (Å²) in [4.78, 5) is 11.8. The molecule has 8 heteroatoms. The maximum atomic E-state index is 12.6. The monoisotopic (exact) mass is 377 g/mol. The Morgan fingerprint density at radius 1 is 1.26 bits per heavy atom. The van der Waals surface area contributed by atoms with Gasteiger partial charge in [-0.25, -0.2) is 0 Å². The van der Waals surface area contributed by atoms with E-state index in [2.05, 4.69) is 17.2 Å². The quantitative estimate of drug-likeness (QED) is 0.744. The molecule has 1 N–H and O–H groups in total. The summed E-state index contributed by atoms with van der Waals surface area (Å²) in [6.07, 6.45) is -4.42. The van der Waals surface area contributed by atoms with Crippen LogP contribution in [-0.4, -0.2) is 12.5 Å². The molecule has 0 aliphatic heterocycles. The first-order valence-electron chi connectivity index (χ1n) is 6.16. The molecule has 0 fully saturated rings. The minimum atomic E-state index is -4.42. The summed E-state index contributed by atoms with van der Waals surface area (Å²) in [6.45, 7) is -0.0289. The van der Waals surface area contributed by atoms with Gasteiger partial charge in [-0.15, -0.1) is 11.3 Å². The number of hydrogen-bond donors (Lipinski definition) is 1. The number of hydrogen-bond acceptors (Lipinski definition) is 2. The van der Waals surface area contributed by atoms with Crippen molar-refractivity contribution in [2.75, 3.05) is 6.54 Å². The van der Waals surface area contributed by atoms with Gasteiger partial charge in [-0.1, -0.05) is 41.1 Å². The SMILES string of the molecule is O=C(NCC#Cc1cccc(C(F)(F)F)c1)c1cc(Cl)sc1Cl. The Morgan fingerprint density at radius 3 is 2.61 bits per heavy atom. The molecule has 0 saturated carbocycles. The Hall–Kier alpha value is -1.68. The van der Waals surface area contributed by atoms with Gasteiger partial charge in [0.1, 0.15) is 4.34 Å². The molecule has 2 nitrogen and oxygen atoms in total. The number of halogens is 5. The van der Waals surface area contributed by atoms with Crippen LogP contribution in [0.5, 0.6) is 0 Å². The third kappa shape index (κ3) is 4.90. The number of rotatable bonds is 2. The van der Waals surface area contributed by atoms with Crippen LogP contribution in [0, 0.1) is 11.8 Å². The molecule has 23 heavy (non-hydrogen) atoms. The van der Waals surface area contributed by atoms with Gasteiger partial charge in [-0.05, 0) is 24.3 Å². The van der Waals surface area contributed by atoms with Gasteiger partial charge in [0.15, 0.2) is 0 Å². The van der Waals surface area contributed by atoms with Crippen molar-refractivity contribution in [2.24, 2.45) is 0 Å². The molecule has 1 aromatic carbocycles. The summed E-state index contributed by atoms with van der Waals surface area (Å²) < 4.78 is 38.3. The van der Waals surface area contributed by atoms with E-state index in [1.165, 1.54) is 18.2 Å². The van der Waals surface area contributed by atoms with Gasteiger partial charge < -0.3 is 5.32 Å². The predicted molar refractivity (Wildman–Crippen MR) is 85.0 cm³/mol. The first kappa shape index (κ1) is 17.7. The van der Waals surface area contributed by atoms with Crippen LogP contribution in [-0.2, 0) is 6.18 Å². The van der Waals surface area contributed by atoms with Crippen molar-refractivity contribution in [3.05, 3.63) is 55.7 Å². The third-order valence-corrected chi connectivity index (χ3v) is 4.15. The normalized spacial score (nSPS) is 10.8. The van der Waals surface area contributed by atoms with Crippen molar-refractivity contribution in [1.82, 2.24) is 5.32 Å². The first-order valence-corrected chi connectivity index (χ1v) is 7.74. The van der Waals surface area contributed by atoms with Crippen LogP contribution in [0.15, 0.2) is 30.3 Å². The van der Waals surface area contributed by atoms with Gasteiger partial charge >= 0.3 is 6.18 Å². The van der Waals surface area contributed by atoms with E-state index in [1.54, 1.807) is 0 Å². The molecule has 0 saturated heterocycles. The van der Waals surface area contributed by atoms with Crippen molar-refractivity contribution in [3.8, 4) is 11.8 Å². The second-order valence-electron chi connectivity index (χ2n) is 4.30.